The molecule has 0 radical (unpaired) electrons. The lowest BCUT2D eigenvalue weighted by Crippen LogP contribution is -2.51. The van der Waals surface area contributed by atoms with Crippen LogP contribution in [0, 0.1) is 11.6 Å². The Labute approximate surface area is 176 Å². The number of aliphatic hydroxyl groups excluding tert-OH is 1. The standard InChI is InChI=1S/C18H16F5N7O2/c1-29-12-3-8(19)2-11(20)13(12)27-15(29)14(18(21,22)23)28-17(32)26-9-4-24-16(25-5-9)30-6-10(31)7-30/h2-5,10,14,31H,6-7H2,1H3,(H2,26,28,32). The number of hydrogen-bond acceptors (Lipinski definition) is 6. The Balaban J connectivity index is 1.53. The first kappa shape index (κ1) is 21.7. The molecule has 170 valence electrons. The molecular weight excluding hydrogens is 441 g/mol. The molecule has 3 N–H and O–H groups in total. The maximum atomic E-state index is 14.0. The molecule has 0 saturated carbocycles. The molecule has 3 heterocycles. The van der Waals surface area contributed by atoms with E-state index in [4.69, 9.17) is 0 Å². The van der Waals surface area contributed by atoms with Crippen LogP contribution in [0.15, 0.2) is 24.5 Å². The van der Waals surface area contributed by atoms with Gasteiger partial charge in [0.2, 0.25) is 5.95 Å². The number of alkyl halides is 3. The number of nitrogens with zero attached hydrogens (tertiary/aromatic N) is 5. The molecule has 32 heavy (non-hydrogen) atoms. The number of carbonyl (C=O) groups is 1. The minimum absolute atomic E-state index is 0.0198. The van der Waals surface area contributed by atoms with Crippen molar-refractivity contribution >= 4 is 28.7 Å². The summed E-state index contributed by atoms with van der Waals surface area (Å²) >= 11 is 0. The number of carbonyl (C=O) groups excluding carboxylic acids is 1. The molecule has 0 aliphatic carbocycles. The van der Waals surface area contributed by atoms with E-state index < -0.39 is 47.3 Å². The molecule has 0 spiro atoms. The van der Waals surface area contributed by atoms with Gasteiger partial charge in [0.05, 0.1) is 29.7 Å². The fourth-order valence-electron chi connectivity index (χ4n) is 3.25. The van der Waals surface area contributed by atoms with E-state index in [0.717, 1.165) is 17.7 Å². The lowest BCUT2D eigenvalue weighted by molar-refractivity contribution is -0.156. The normalized spacial score (nSPS) is 15.5. The summed E-state index contributed by atoms with van der Waals surface area (Å²) in [6, 6.07) is -2.49. The van der Waals surface area contributed by atoms with Crippen molar-refractivity contribution in [2.75, 3.05) is 23.3 Å². The number of imidazole rings is 1. The van der Waals surface area contributed by atoms with Crippen LogP contribution in [0.1, 0.15) is 11.9 Å². The highest BCUT2D eigenvalue weighted by atomic mass is 19.4. The highest BCUT2D eigenvalue weighted by Crippen LogP contribution is 2.34. The maximum Gasteiger partial charge on any atom is 0.416 e. The van der Waals surface area contributed by atoms with E-state index in [1.54, 1.807) is 10.2 Å². The van der Waals surface area contributed by atoms with Crippen LogP contribution in [0.3, 0.4) is 0 Å². The van der Waals surface area contributed by atoms with E-state index in [1.807, 2.05) is 0 Å². The van der Waals surface area contributed by atoms with Gasteiger partial charge in [-0.25, -0.2) is 28.5 Å². The second kappa shape index (κ2) is 7.85. The van der Waals surface area contributed by atoms with Crippen LogP contribution in [0.2, 0.25) is 0 Å². The minimum atomic E-state index is -4.99. The number of aliphatic hydroxyl groups is 1. The Kier molecular flexibility index (Phi) is 5.32. The Morgan fingerprint density at radius 2 is 1.88 bits per heavy atom. The molecule has 1 atom stereocenters. The van der Waals surface area contributed by atoms with Gasteiger partial charge in [0.15, 0.2) is 11.9 Å². The number of rotatable bonds is 4. The van der Waals surface area contributed by atoms with Crippen molar-refractivity contribution in [1.82, 2.24) is 24.8 Å². The number of nitrogens with one attached hydrogen (secondary N) is 2. The van der Waals surface area contributed by atoms with Crippen LogP contribution in [0.4, 0.5) is 38.4 Å². The molecule has 2 aromatic heterocycles. The molecule has 4 rings (SSSR count). The predicted molar refractivity (Wildman–Crippen MR) is 102 cm³/mol. The highest BCUT2D eigenvalue weighted by molar-refractivity contribution is 5.89. The molecule has 14 heteroatoms. The van der Waals surface area contributed by atoms with E-state index in [2.05, 4.69) is 20.3 Å². The summed E-state index contributed by atoms with van der Waals surface area (Å²) in [6.07, 6.45) is -3.07. The molecule has 1 aromatic carbocycles. The van der Waals surface area contributed by atoms with Gasteiger partial charge >= 0.3 is 12.2 Å². The highest BCUT2D eigenvalue weighted by Gasteiger charge is 2.45. The van der Waals surface area contributed by atoms with Gasteiger partial charge in [0.25, 0.3) is 0 Å². The second-order valence-electron chi connectivity index (χ2n) is 7.19. The third-order valence-electron chi connectivity index (χ3n) is 4.84. The van der Waals surface area contributed by atoms with E-state index in [0.29, 0.717) is 25.1 Å². The number of amides is 2. The van der Waals surface area contributed by atoms with Crippen molar-refractivity contribution in [2.24, 2.45) is 7.05 Å². The third-order valence-corrected chi connectivity index (χ3v) is 4.84. The van der Waals surface area contributed by atoms with Crippen LogP contribution in [-0.4, -0.2) is 56.0 Å². The van der Waals surface area contributed by atoms with Gasteiger partial charge in [-0.05, 0) is 6.07 Å². The Morgan fingerprint density at radius 3 is 2.47 bits per heavy atom. The molecule has 1 aliphatic heterocycles. The van der Waals surface area contributed by atoms with Gasteiger partial charge < -0.3 is 25.2 Å². The number of anilines is 2. The molecule has 2 amide bonds. The van der Waals surface area contributed by atoms with Crippen LogP contribution >= 0.6 is 0 Å². The lowest BCUT2D eigenvalue weighted by atomic mass is 10.2. The predicted octanol–water partition coefficient (Wildman–Crippen LogP) is 2.25. The fourth-order valence-corrected chi connectivity index (χ4v) is 3.25. The number of aromatic nitrogens is 4. The Morgan fingerprint density at radius 1 is 1.22 bits per heavy atom. The Hall–Kier alpha value is -3.55. The molecule has 0 bridgehead atoms. The zero-order valence-corrected chi connectivity index (χ0v) is 16.4. The number of urea groups is 1. The summed E-state index contributed by atoms with van der Waals surface area (Å²) in [5.74, 6) is -2.53. The quantitative estimate of drug-likeness (QED) is 0.519. The van der Waals surface area contributed by atoms with Gasteiger partial charge in [-0.3, -0.25) is 0 Å². The van der Waals surface area contributed by atoms with E-state index in [1.165, 1.54) is 12.4 Å². The topological polar surface area (TPSA) is 108 Å². The zero-order valence-electron chi connectivity index (χ0n) is 16.4. The second-order valence-corrected chi connectivity index (χ2v) is 7.19. The number of halogens is 5. The van der Waals surface area contributed by atoms with Gasteiger partial charge in [-0.1, -0.05) is 0 Å². The molecule has 1 aliphatic rings. The summed E-state index contributed by atoms with van der Waals surface area (Å²) in [6.45, 7) is 0.700. The van der Waals surface area contributed by atoms with Crippen molar-refractivity contribution in [3.8, 4) is 0 Å². The summed E-state index contributed by atoms with van der Waals surface area (Å²) in [7, 11) is 1.15. The number of hydrogen-bond donors (Lipinski definition) is 3. The van der Waals surface area contributed by atoms with Gasteiger partial charge in [-0.2, -0.15) is 13.2 Å². The van der Waals surface area contributed by atoms with Crippen molar-refractivity contribution in [3.05, 3.63) is 42.0 Å². The SMILES string of the molecule is Cn1c(C(NC(=O)Nc2cnc(N3CC(O)C3)nc2)C(F)(F)F)nc2c(F)cc(F)cc21. The maximum absolute atomic E-state index is 14.0. The van der Waals surface area contributed by atoms with Crippen molar-refractivity contribution < 1.29 is 31.9 Å². The van der Waals surface area contributed by atoms with Crippen LogP contribution in [0.5, 0.6) is 0 Å². The lowest BCUT2D eigenvalue weighted by Gasteiger charge is -2.35. The third kappa shape index (κ3) is 4.12. The summed E-state index contributed by atoms with van der Waals surface area (Å²) in [4.78, 5) is 25.5. The van der Waals surface area contributed by atoms with E-state index in [9.17, 15) is 31.9 Å². The summed E-state index contributed by atoms with van der Waals surface area (Å²) in [5, 5.41) is 13.2. The summed E-state index contributed by atoms with van der Waals surface area (Å²) in [5.41, 5.74) is -0.638. The summed E-state index contributed by atoms with van der Waals surface area (Å²) < 4.78 is 69.4. The molecule has 1 fully saturated rings. The average molecular weight is 457 g/mol. The average Bonchev–Trinajstić information content (AvgIpc) is 3.00. The van der Waals surface area contributed by atoms with Gasteiger partial charge in [0.1, 0.15) is 17.2 Å². The number of benzene rings is 1. The van der Waals surface area contributed by atoms with Crippen molar-refractivity contribution in [1.29, 1.82) is 0 Å². The first-order chi connectivity index (χ1) is 15.0. The van der Waals surface area contributed by atoms with Gasteiger partial charge in [0, 0.05) is 26.2 Å². The molecule has 3 aromatic rings. The van der Waals surface area contributed by atoms with Gasteiger partial charge in [-0.15, -0.1) is 0 Å². The first-order valence-electron chi connectivity index (χ1n) is 9.23. The van der Waals surface area contributed by atoms with E-state index >= 15 is 0 Å². The monoisotopic (exact) mass is 457 g/mol. The fraction of sp³-hybridized carbons (Fsp3) is 0.333. The van der Waals surface area contributed by atoms with E-state index in [-0.39, 0.29) is 11.2 Å². The largest absolute Gasteiger partial charge is 0.416 e. The Bertz CT molecular complexity index is 1160. The zero-order chi connectivity index (χ0) is 23.2. The molecule has 1 saturated heterocycles. The molecule has 9 nitrogen and oxygen atoms in total. The first-order valence-corrected chi connectivity index (χ1v) is 9.23. The van der Waals surface area contributed by atoms with Crippen molar-refractivity contribution in [3.63, 3.8) is 0 Å². The smallest absolute Gasteiger partial charge is 0.389 e. The molecular formula is C18H16F5N7O2. The molecule has 1 unspecified atom stereocenters. The van der Waals surface area contributed by atoms with Crippen LogP contribution in [-0.2, 0) is 7.05 Å². The van der Waals surface area contributed by atoms with Crippen LogP contribution in [0.25, 0.3) is 11.0 Å². The number of β-amino-alcohol motifs (C(OH)–C–C–N with tert-alkyl or cyclic N) is 1. The number of fused-ring (bicyclic) bond motifs is 1. The minimum Gasteiger partial charge on any atom is -0.389 e. The van der Waals surface area contributed by atoms with Crippen molar-refractivity contribution in [2.45, 2.75) is 18.3 Å². The van der Waals surface area contributed by atoms with Crippen LogP contribution < -0.4 is 15.5 Å². The number of aryl methyl sites for hydroxylation is 1.